The van der Waals surface area contributed by atoms with Crippen molar-refractivity contribution in [2.75, 3.05) is 11.9 Å². The third kappa shape index (κ3) is 4.93. The zero-order valence-electron chi connectivity index (χ0n) is 18.2. The van der Waals surface area contributed by atoms with Gasteiger partial charge in [-0.15, -0.1) is 0 Å². The lowest BCUT2D eigenvalue weighted by Crippen LogP contribution is -2.39. The molecule has 0 aliphatic heterocycles. The molecule has 1 aliphatic carbocycles. The minimum absolute atomic E-state index is 0.337. The van der Waals surface area contributed by atoms with E-state index < -0.39 is 5.41 Å². The molecule has 1 saturated carbocycles. The number of aldehydes is 1. The molecule has 4 rings (SSSR count). The molecule has 166 valence electrons. The molecule has 3 aromatic heterocycles. The van der Waals surface area contributed by atoms with Crippen molar-refractivity contribution in [1.82, 2.24) is 25.1 Å². The highest BCUT2D eigenvalue weighted by Crippen LogP contribution is 2.35. The molecule has 2 N–H and O–H groups in total. The van der Waals surface area contributed by atoms with Crippen molar-refractivity contribution in [2.45, 2.75) is 32.6 Å². The quantitative estimate of drug-likeness (QED) is 0.546. The van der Waals surface area contributed by atoms with Crippen LogP contribution in [0.4, 0.5) is 10.6 Å². The van der Waals surface area contributed by atoms with Crippen LogP contribution < -0.4 is 15.4 Å². The Hall–Kier alpha value is -3.75. The third-order valence-electron chi connectivity index (χ3n) is 5.69. The lowest BCUT2D eigenvalue weighted by Gasteiger charge is -2.22. The van der Waals surface area contributed by atoms with Crippen molar-refractivity contribution in [3.8, 4) is 22.8 Å². The molecule has 2 amide bonds. The lowest BCUT2D eigenvalue weighted by atomic mass is 9.88. The van der Waals surface area contributed by atoms with Crippen molar-refractivity contribution < 1.29 is 14.3 Å². The average Bonchev–Trinajstić information content (AvgIpc) is 3.44. The van der Waals surface area contributed by atoms with Crippen LogP contribution in [-0.4, -0.2) is 38.6 Å². The summed E-state index contributed by atoms with van der Waals surface area (Å²) in [6.07, 6.45) is 9.96. The molecular weight excluding hydrogens is 408 g/mol. The number of anilines is 1. The van der Waals surface area contributed by atoms with Gasteiger partial charge in [-0.05, 0) is 38.0 Å². The summed E-state index contributed by atoms with van der Waals surface area (Å²) in [5.74, 6) is 1.60. The first-order valence-corrected chi connectivity index (χ1v) is 10.6. The van der Waals surface area contributed by atoms with Crippen LogP contribution in [0, 0.1) is 12.3 Å². The number of aryl methyl sites for hydroxylation is 2. The number of aromatic nitrogens is 4. The highest BCUT2D eigenvalue weighted by molar-refractivity contribution is 5.88. The fourth-order valence-corrected chi connectivity index (χ4v) is 3.87. The molecule has 0 bridgehead atoms. The molecule has 0 unspecified atom stereocenters. The standard InChI is InChI=1S/C23H26N6O3/c1-16-20(32-18-7-10-24-19(11-18)17-12-26-29(2)13-17)5-6-21(27-16)28-22(31)25-14-23(15-30)8-3-4-9-23/h5-7,10-13,15H,3-4,8-9,14H2,1-2H3,(H2,25,27,28,31). The maximum atomic E-state index is 12.3. The van der Waals surface area contributed by atoms with E-state index in [0.29, 0.717) is 29.6 Å². The summed E-state index contributed by atoms with van der Waals surface area (Å²) in [6, 6.07) is 6.66. The van der Waals surface area contributed by atoms with Gasteiger partial charge < -0.3 is 14.8 Å². The van der Waals surface area contributed by atoms with Crippen LogP contribution in [0.15, 0.2) is 42.9 Å². The van der Waals surface area contributed by atoms with Crippen molar-refractivity contribution in [2.24, 2.45) is 12.5 Å². The molecule has 1 fully saturated rings. The summed E-state index contributed by atoms with van der Waals surface area (Å²) >= 11 is 0. The molecular formula is C23H26N6O3. The maximum absolute atomic E-state index is 12.3. The molecule has 0 spiro atoms. The molecule has 1 aliphatic rings. The first kappa shape index (κ1) is 21.5. The number of pyridine rings is 2. The SMILES string of the molecule is Cc1nc(NC(=O)NCC2(C=O)CCCC2)ccc1Oc1ccnc(-c2cnn(C)c2)c1. The molecule has 32 heavy (non-hydrogen) atoms. The van der Waals surface area contributed by atoms with E-state index in [1.807, 2.05) is 26.2 Å². The van der Waals surface area contributed by atoms with Gasteiger partial charge in [-0.1, -0.05) is 12.8 Å². The molecule has 0 atom stereocenters. The summed E-state index contributed by atoms with van der Waals surface area (Å²) in [5.41, 5.74) is 1.85. The van der Waals surface area contributed by atoms with Gasteiger partial charge in [0.05, 0.1) is 17.6 Å². The summed E-state index contributed by atoms with van der Waals surface area (Å²) in [4.78, 5) is 32.5. The number of ether oxygens (including phenoxy) is 1. The predicted molar refractivity (Wildman–Crippen MR) is 119 cm³/mol. The highest BCUT2D eigenvalue weighted by Gasteiger charge is 2.33. The Bertz CT molecular complexity index is 1120. The van der Waals surface area contributed by atoms with Crippen LogP contribution >= 0.6 is 0 Å². The number of amides is 2. The Kier molecular flexibility index (Phi) is 6.16. The van der Waals surface area contributed by atoms with Gasteiger partial charge in [0.25, 0.3) is 0 Å². The molecule has 0 saturated heterocycles. The summed E-state index contributed by atoms with van der Waals surface area (Å²) in [5, 5.41) is 9.68. The lowest BCUT2D eigenvalue weighted by molar-refractivity contribution is -0.115. The predicted octanol–water partition coefficient (Wildman–Crippen LogP) is 3.86. The van der Waals surface area contributed by atoms with E-state index in [2.05, 4.69) is 25.7 Å². The third-order valence-corrected chi connectivity index (χ3v) is 5.69. The van der Waals surface area contributed by atoms with Gasteiger partial charge in [-0.2, -0.15) is 5.10 Å². The fourth-order valence-electron chi connectivity index (χ4n) is 3.87. The van der Waals surface area contributed by atoms with E-state index in [-0.39, 0.29) is 6.03 Å². The minimum atomic E-state index is -0.433. The van der Waals surface area contributed by atoms with Gasteiger partial charge in [-0.25, -0.2) is 9.78 Å². The van der Waals surface area contributed by atoms with Crippen LogP contribution in [0.1, 0.15) is 31.4 Å². The number of carbonyl (C=O) groups is 2. The van der Waals surface area contributed by atoms with Crippen LogP contribution in [0.25, 0.3) is 11.3 Å². The Balaban J connectivity index is 1.38. The van der Waals surface area contributed by atoms with E-state index in [0.717, 1.165) is 43.2 Å². The largest absolute Gasteiger partial charge is 0.455 e. The van der Waals surface area contributed by atoms with Gasteiger partial charge >= 0.3 is 6.03 Å². The normalized spacial score (nSPS) is 14.7. The Morgan fingerprint density at radius 2 is 2.09 bits per heavy atom. The van der Waals surface area contributed by atoms with Crippen molar-refractivity contribution in [3.63, 3.8) is 0 Å². The Morgan fingerprint density at radius 3 is 2.78 bits per heavy atom. The number of hydrogen-bond acceptors (Lipinski definition) is 6. The van der Waals surface area contributed by atoms with Gasteiger partial charge in [-0.3, -0.25) is 15.0 Å². The fraction of sp³-hybridized carbons (Fsp3) is 0.348. The van der Waals surface area contributed by atoms with E-state index in [1.165, 1.54) is 0 Å². The molecule has 9 nitrogen and oxygen atoms in total. The van der Waals surface area contributed by atoms with Gasteiger partial charge in [0.2, 0.25) is 0 Å². The van der Waals surface area contributed by atoms with E-state index in [1.54, 1.807) is 35.3 Å². The number of nitrogens with zero attached hydrogens (tertiary/aromatic N) is 4. The summed E-state index contributed by atoms with van der Waals surface area (Å²) in [7, 11) is 1.85. The summed E-state index contributed by atoms with van der Waals surface area (Å²) < 4.78 is 7.70. The smallest absolute Gasteiger partial charge is 0.320 e. The van der Waals surface area contributed by atoms with E-state index in [4.69, 9.17) is 4.74 Å². The van der Waals surface area contributed by atoms with Crippen LogP contribution in [0.2, 0.25) is 0 Å². The van der Waals surface area contributed by atoms with E-state index >= 15 is 0 Å². The number of hydrogen-bond donors (Lipinski definition) is 2. The Labute approximate surface area is 186 Å². The second kappa shape index (κ2) is 9.17. The van der Waals surface area contributed by atoms with Crippen molar-refractivity contribution in [3.05, 3.63) is 48.5 Å². The number of rotatable bonds is 7. The zero-order chi connectivity index (χ0) is 22.6. The van der Waals surface area contributed by atoms with E-state index in [9.17, 15) is 9.59 Å². The van der Waals surface area contributed by atoms with Gasteiger partial charge in [0.15, 0.2) is 0 Å². The molecule has 3 aromatic rings. The maximum Gasteiger partial charge on any atom is 0.320 e. The summed E-state index contributed by atoms with van der Waals surface area (Å²) in [6.45, 7) is 2.14. The number of urea groups is 1. The van der Waals surface area contributed by atoms with Crippen molar-refractivity contribution >= 4 is 18.1 Å². The second-order valence-electron chi connectivity index (χ2n) is 8.16. The number of carbonyl (C=O) groups excluding carboxylic acids is 2. The highest BCUT2D eigenvalue weighted by atomic mass is 16.5. The first-order chi connectivity index (χ1) is 15.5. The molecule has 3 heterocycles. The van der Waals surface area contributed by atoms with Crippen LogP contribution in [0.5, 0.6) is 11.5 Å². The Morgan fingerprint density at radius 1 is 1.28 bits per heavy atom. The monoisotopic (exact) mass is 434 g/mol. The minimum Gasteiger partial charge on any atom is -0.455 e. The molecule has 0 aromatic carbocycles. The van der Waals surface area contributed by atoms with Gasteiger partial charge in [0.1, 0.15) is 23.6 Å². The van der Waals surface area contributed by atoms with Crippen LogP contribution in [0.3, 0.4) is 0 Å². The first-order valence-electron chi connectivity index (χ1n) is 10.6. The van der Waals surface area contributed by atoms with Gasteiger partial charge in [0, 0.05) is 43.0 Å². The average molecular weight is 435 g/mol. The van der Waals surface area contributed by atoms with Crippen LogP contribution in [-0.2, 0) is 11.8 Å². The topological polar surface area (TPSA) is 111 Å². The molecule has 0 radical (unpaired) electrons. The number of nitrogens with one attached hydrogen (secondary N) is 2. The molecule has 9 heteroatoms. The second-order valence-corrected chi connectivity index (χ2v) is 8.16. The van der Waals surface area contributed by atoms with Crippen molar-refractivity contribution in [1.29, 1.82) is 0 Å². The zero-order valence-corrected chi connectivity index (χ0v) is 18.2.